The molecule has 0 saturated carbocycles. The van der Waals surface area contributed by atoms with Crippen molar-refractivity contribution in [2.45, 2.75) is 31.5 Å². The second-order valence-corrected chi connectivity index (χ2v) is 12.7. The molecule has 9 heteroatoms. The summed E-state index contributed by atoms with van der Waals surface area (Å²) in [5.41, 5.74) is 5.40. The van der Waals surface area contributed by atoms with Gasteiger partial charge in [-0.25, -0.2) is 0 Å². The standard InChI is InChI=1S/C38H43N5O4/c1-41(18-14-28-26-39-34-12-6-4-8-30(28)34)36(44)32-10-2-3-11-33(32)37(45)43(19-15-29-27-40-35-13-7-5-9-31(29)35)23-22-42-20-16-38(17-21-42)46-24-25-47-38/h2-13,26-27,39-40H,14-25H2,1H3. The number of benzene rings is 3. The zero-order valence-electron chi connectivity index (χ0n) is 27.0. The van der Waals surface area contributed by atoms with Crippen LogP contribution in [0.4, 0.5) is 0 Å². The number of H-pyrrole nitrogens is 2. The van der Waals surface area contributed by atoms with E-state index < -0.39 is 5.79 Å². The van der Waals surface area contributed by atoms with Crippen molar-refractivity contribution >= 4 is 33.6 Å². The van der Waals surface area contributed by atoms with Crippen LogP contribution in [0.25, 0.3) is 21.8 Å². The number of nitrogens with zero attached hydrogens (tertiary/aromatic N) is 3. The number of fused-ring (bicyclic) bond motifs is 2. The average Bonchev–Trinajstić information content (AvgIpc) is 3.86. The number of para-hydroxylation sites is 2. The number of hydrogen-bond donors (Lipinski definition) is 2. The summed E-state index contributed by atoms with van der Waals surface area (Å²) in [7, 11) is 1.81. The molecule has 0 bridgehead atoms. The first kappa shape index (κ1) is 31.2. The number of likely N-dealkylation sites (N-methyl/N-ethyl adjacent to an activating group) is 1. The first-order valence-electron chi connectivity index (χ1n) is 16.7. The van der Waals surface area contributed by atoms with E-state index in [9.17, 15) is 9.59 Å². The highest BCUT2D eigenvalue weighted by atomic mass is 16.7. The molecule has 0 radical (unpaired) electrons. The zero-order chi connectivity index (χ0) is 32.2. The lowest BCUT2D eigenvalue weighted by atomic mass is 10.0. The van der Waals surface area contributed by atoms with Crippen LogP contribution in [0.2, 0.25) is 0 Å². The molecule has 2 saturated heterocycles. The van der Waals surface area contributed by atoms with E-state index in [4.69, 9.17) is 9.47 Å². The Balaban J connectivity index is 1.06. The topological polar surface area (TPSA) is 93.9 Å². The zero-order valence-corrected chi connectivity index (χ0v) is 27.0. The van der Waals surface area contributed by atoms with Gasteiger partial charge in [-0.05, 0) is 48.2 Å². The van der Waals surface area contributed by atoms with Crippen molar-refractivity contribution in [3.05, 3.63) is 107 Å². The van der Waals surface area contributed by atoms with Gasteiger partial charge in [-0.2, -0.15) is 0 Å². The Morgan fingerprint density at radius 1 is 0.723 bits per heavy atom. The molecule has 2 fully saturated rings. The Bertz CT molecular complexity index is 1850. The van der Waals surface area contributed by atoms with Gasteiger partial charge in [0.1, 0.15) is 0 Å². The van der Waals surface area contributed by atoms with E-state index in [1.54, 1.807) is 17.0 Å². The molecular weight excluding hydrogens is 590 g/mol. The van der Waals surface area contributed by atoms with Crippen LogP contribution >= 0.6 is 0 Å². The minimum atomic E-state index is -0.430. The smallest absolute Gasteiger partial charge is 0.254 e. The molecule has 4 heterocycles. The van der Waals surface area contributed by atoms with Crippen molar-refractivity contribution < 1.29 is 19.1 Å². The Kier molecular flexibility index (Phi) is 9.11. The van der Waals surface area contributed by atoms with Crippen LogP contribution in [0.5, 0.6) is 0 Å². The van der Waals surface area contributed by atoms with Crippen LogP contribution < -0.4 is 0 Å². The molecule has 1 spiro atoms. The number of hydrogen-bond acceptors (Lipinski definition) is 5. The molecule has 2 aliphatic rings. The molecule has 2 aromatic heterocycles. The van der Waals surface area contributed by atoms with E-state index >= 15 is 0 Å². The maximum absolute atomic E-state index is 14.4. The van der Waals surface area contributed by atoms with E-state index in [1.807, 2.05) is 60.7 Å². The van der Waals surface area contributed by atoms with Gasteiger partial charge >= 0.3 is 0 Å². The third-order valence-electron chi connectivity index (χ3n) is 9.86. The van der Waals surface area contributed by atoms with Gasteiger partial charge in [0.05, 0.1) is 24.3 Å². The van der Waals surface area contributed by atoms with Crippen molar-refractivity contribution in [2.24, 2.45) is 0 Å². The van der Waals surface area contributed by atoms with Gasteiger partial charge in [0.15, 0.2) is 5.79 Å². The third-order valence-corrected chi connectivity index (χ3v) is 9.86. The Hall–Kier alpha value is -4.44. The fourth-order valence-electron chi connectivity index (χ4n) is 7.03. The molecule has 3 aromatic carbocycles. The quantitative estimate of drug-likeness (QED) is 0.201. The van der Waals surface area contributed by atoms with Crippen molar-refractivity contribution in [2.75, 3.05) is 59.5 Å². The number of ether oxygens (including phenoxy) is 2. The van der Waals surface area contributed by atoms with Crippen LogP contribution in [0.15, 0.2) is 85.2 Å². The van der Waals surface area contributed by atoms with Crippen LogP contribution in [-0.2, 0) is 22.3 Å². The summed E-state index contributed by atoms with van der Waals surface area (Å²) >= 11 is 0. The lowest BCUT2D eigenvalue weighted by Crippen LogP contribution is -2.48. The highest BCUT2D eigenvalue weighted by Crippen LogP contribution is 2.31. The maximum atomic E-state index is 14.4. The van der Waals surface area contributed by atoms with Crippen molar-refractivity contribution in [1.82, 2.24) is 24.7 Å². The predicted molar refractivity (Wildman–Crippen MR) is 184 cm³/mol. The minimum Gasteiger partial charge on any atom is -0.361 e. The summed E-state index contributed by atoms with van der Waals surface area (Å²) < 4.78 is 11.8. The molecule has 47 heavy (non-hydrogen) atoms. The van der Waals surface area contributed by atoms with Gasteiger partial charge < -0.3 is 34.1 Å². The lowest BCUT2D eigenvalue weighted by Gasteiger charge is -2.38. The number of aromatic amines is 2. The van der Waals surface area contributed by atoms with Crippen LogP contribution in [0.1, 0.15) is 44.7 Å². The largest absolute Gasteiger partial charge is 0.361 e. The highest BCUT2D eigenvalue weighted by Gasteiger charge is 2.39. The molecule has 7 rings (SSSR count). The van der Waals surface area contributed by atoms with Gasteiger partial charge in [0, 0.05) is 93.4 Å². The van der Waals surface area contributed by atoms with Crippen LogP contribution in [0, 0.1) is 0 Å². The molecule has 2 aliphatic heterocycles. The van der Waals surface area contributed by atoms with Gasteiger partial charge in [0.2, 0.25) is 0 Å². The summed E-state index contributed by atoms with van der Waals surface area (Å²) in [6, 6.07) is 23.7. The Morgan fingerprint density at radius 2 is 1.26 bits per heavy atom. The molecule has 0 aliphatic carbocycles. The molecule has 9 nitrogen and oxygen atoms in total. The number of aromatic nitrogens is 2. The Labute approximate surface area is 275 Å². The summed E-state index contributed by atoms with van der Waals surface area (Å²) in [4.78, 5) is 40.9. The van der Waals surface area contributed by atoms with E-state index in [1.165, 1.54) is 21.9 Å². The van der Waals surface area contributed by atoms with E-state index in [-0.39, 0.29) is 11.8 Å². The third kappa shape index (κ3) is 6.70. The SMILES string of the molecule is CN(CCc1c[nH]c2ccccc12)C(=O)c1ccccc1C(=O)N(CCc1c[nH]c2ccccc12)CCN1CCC2(CC1)OCCO2. The second-order valence-electron chi connectivity index (χ2n) is 12.7. The number of nitrogens with one attached hydrogen (secondary N) is 2. The van der Waals surface area contributed by atoms with Crippen LogP contribution in [-0.4, -0.2) is 102 Å². The second kappa shape index (κ2) is 13.7. The molecule has 2 N–H and O–H groups in total. The van der Waals surface area contributed by atoms with Gasteiger partial charge in [-0.15, -0.1) is 0 Å². The number of piperidine rings is 1. The molecule has 0 unspecified atom stereocenters. The molecule has 2 amide bonds. The van der Waals surface area contributed by atoms with E-state index in [0.717, 1.165) is 43.5 Å². The summed E-state index contributed by atoms with van der Waals surface area (Å²) in [5.74, 6) is -0.695. The van der Waals surface area contributed by atoms with Crippen molar-refractivity contribution in [3.63, 3.8) is 0 Å². The van der Waals surface area contributed by atoms with Gasteiger partial charge in [0.25, 0.3) is 11.8 Å². The van der Waals surface area contributed by atoms with Gasteiger partial charge in [-0.3, -0.25) is 9.59 Å². The van der Waals surface area contributed by atoms with Crippen molar-refractivity contribution in [3.8, 4) is 0 Å². The fourth-order valence-corrected chi connectivity index (χ4v) is 7.03. The number of carbonyl (C=O) groups excluding carboxylic acids is 2. The Morgan fingerprint density at radius 3 is 1.87 bits per heavy atom. The van der Waals surface area contributed by atoms with Crippen LogP contribution in [0.3, 0.4) is 0 Å². The fraction of sp³-hybridized carbons (Fsp3) is 0.368. The normalized spacial score (nSPS) is 16.3. The molecular formula is C38H43N5O4. The maximum Gasteiger partial charge on any atom is 0.254 e. The number of likely N-dealkylation sites (tertiary alicyclic amines) is 1. The minimum absolute atomic E-state index is 0.116. The summed E-state index contributed by atoms with van der Waals surface area (Å²) in [6.07, 6.45) is 7.14. The first-order chi connectivity index (χ1) is 23.0. The summed E-state index contributed by atoms with van der Waals surface area (Å²) in [5, 5.41) is 2.34. The van der Waals surface area contributed by atoms with Gasteiger partial charge in [-0.1, -0.05) is 48.5 Å². The van der Waals surface area contributed by atoms with E-state index in [0.29, 0.717) is 56.8 Å². The number of rotatable bonds is 11. The molecule has 5 aromatic rings. The summed E-state index contributed by atoms with van der Waals surface area (Å²) in [6.45, 7) is 5.44. The van der Waals surface area contributed by atoms with E-state index in [2.05, 4.69) is 39.1 Å². The predicted octanol–water partition coefficient (Wildman–Crippen LogP) is 5.49. The first-order valence-corrected chi connectivity index (χ1v) is 16.7. The molecule has 0 atom stereocenters. The highest BCUT2D eigenvalue weighted by molar-refractivity contribution is 6.07. The molecule has 244 valence electrons. The lowest BCUT2D eigenvalue weighted by molar-refractivity contribution is -0.185. The number of amides is 2. The monoisotopic (exact) mass is 633 g/mol. The average molecular weight is 634 g/mol. The van der Waals surface area contributed by atoms with Crippen molar-refractivity contribution in [1.29, 1.82) is 0 Å². The number of carbonyl (C=O) groups is 2.